The molecule has 24 heavy (non-hydrogen) atoms. The van der Waals surface area contributed by atoms with Crippen LogP contribution in [0.2, 0.25) is 0 Å². The van der Waals surface area contributed by atoms with Crippen molar-refractivity contribution in [2.24, 2.45) is 32.7 Å². The number of aliphatic imine (C=N–C) groups is 2. The van der Waals surface area contributed by atoms with E-state index in [1.54, 1.807) is 0 Å². The summed E-state index contributed by atoms with van der Waals surface area (Å²) in [5, 5.41) is 0. The maximum absolute atomic E-state index is 5.11. The highest BCUT2D eigenvalue weighted by molar-refractivity contribution is 5.82. The fraction of sp³-hybridized carbons (Fsp3) is 0.909. The first-order valence-corrected chi connectivity index (χ1v) is 9.94. The fourth-order valence-electron chi connectivity index (χ4n) is 4.73. The zero-order valence-corrected chi connectivity index (χ0v) is 17.9. The summed E-state index contributed by atoms with van der Waals surface area (Å²) in [6.07, 6.45) is 5.90. The van der Waals surface area contributed by atoms with Gasteiger partial charge in [0.25, 0.3) is 0 Å². The van der Waals surface area contributed by atoms with Gasteiger partial charge < -0.3 is 0 Å². The molecule has 0 aliphatic heterocycles. The summed E-state index contributed by atoms with van der Waals surface area (Å²) in [6.45, 7) is 21.7. The first-order chi connectivity index (χ1) is 10.9. The summed E-state index contributed by atoms with van der Waals surface area (Å²) < 4.78 is 0. The van der Waals surface area contributed by atoms with E-state index >= 15 is 0 Å². The Bertz CT molecular complexity index is 457. The van der Waals surface area contributed by atoms with Gasteiger partial charge in [-0.2, -0.15) is 0 Å². The van der Waals surface area contributed by atoms with Gasteiger partial charge in [-0.3, -0.25) is 9.98 Å². The van der Waals surface area contributed by atoms with Crippen LogP contribution in [-0.2, 0) is 0 Å². The average Bonchev–Trinajstić information content (AvgIpc) is 2.31. The molecule has 0 heterocycles. The second-order valence-corrected chi connectivity index (χ2v) is 10.3. The first kappa shape index (κ1) is 21.4. The van der Waals surface area contributed by atoms with Crippen LogP contribution in [0.15, 0.2) is 9.98 Å². The van der Waals surface area contributed by atoms with Gasteiger partial charge in [-0.25, -0.2) is 0 Å². The molecule has 0 spiro atoms. The predicted molar refractivity (Wildman–Crippen MR) is 110 cm³/mol. The minimum Gasteiger partial charge on any atom is -0.294 e. The van der Waals surface area contributed by atoms with Crippen LogP contribution in [0.3, 0.4) is 0 Å². The molecule has 0 aromatic rings. The molecule has 0 aromatic carbocycles. The molecule has 1 saturated carbocycles. The Balaban J connectivity index is 2.83. The fourth-order valence-corrected chi connectivity index (χ4v) is 4.73. The smallest absolute Gasteiger partial charge is 0.0509 e. The minimum atomic E-state index is 0.284. The van der Waals surface area contributed by atoms with Gasteiger partial charge in [0, 0.05) is 18.0 Å². The van der Waals surface area contributed by atoms with Crippen molar-refractivity contribution in [1.29, 1.82) is 0 Å². The quantitative estimate of drug-likeness (QED) is 0.469. The van der Waals surface area contributed by atoms with Crippen LogP contribution in [0.4, 0.5) is 0 Å². The van der Waals surface area contributed by atoms with Crippen molar-refractivity contribution in [2.75, 3.05) is 6.54 Å². The Morgan fingerprint density at radius 2 is 1.46 bits per heavy atom. The van der Waals surface area contributed by atoms with E-state index < -0.39 is 0 Å². The summed E-state index contributed by atoms with van der Waals surface area (Å²) >= 11 is 0. The van der Waals surface area contributed by atoms with Crippen molar-refractivity contribution in [1.82, 2.24) is 0 Å². The molecule has 0 N–H and O–H groups in total. The van der Waals surface area contributed by atoms with Gasteiger partial charge >= 0.3 is 0 Å². The number of rotatable bonds is 7. The topological polar surface area (TPSA) is 24.7 Å². The van der Waals surface area contributed by atoms with Crippen LogP contribution in [0.1, 0.15) is 94.4 Å². The Kier molecular flexibility index (Phi) is 7.69. The Morgan fingerprint density at radius 1 is 0.917 bits per heavy atom. The molecule has 2 atom stereocenters. The van der Waals surface area contributed by atoms with Gasteiger partial charge in [-0.05, 0) is 68.6 Å². The molecule has 2 nitrogen and oxygen atoms in total. The molecule has 0 radical (unpaired) electrons. The maximum Gasteiger partial charge on any atom is 0.0509 e. The zero-order valence-electron chi connectivity index (χ0n) is 17.9. The normalized spacial score (nSPS) is 28.7. The molecule has 0 saturated heterocycles. The highest BCUT2D eigenvalue weighted by Crippen LogP contribution is 2.47. The van der Waals surface area contributed by atoms with Gasteiger partial charge in [0.1, 0.15) is 0 Å². The van der Waals surface area contributed by atoms with E-state index in [-0.39, 0.29) is 5.41 Å². The molecule has 1 fully saturated rings. The second kappa shape index (κ2) is 8.63. The Labute approximate surface area is 151 Å². The Morgan fingerprint density at radius 3 is 2.00 bits per heavy atom. The predicted octanol–water partition coefficient (Wildman–Crippen LogP) is 6.59. The lowest BCUT2D eigenvalue weighted by molar-refractivity contribution is 0.0914. The van der Waals surface area contributed by atoms with E-state index in [1.807, 2.05) is 0 Å². The molecule has 0 aromatic heterocycles. The lowest BCUT2D eigenvalue weighted by Gasteiger charge is -2.45. The van der Waals surface area contributed by atoms with E-state index in [1.165, 1.54) is 30.7 Å². The van der Waals surface area contributed by atoms with Crippen molar-refractivity contribution in [2.45, 2.75) is 100 Å². The SMILES string of the molecule is CC(CC(C)C)=NCC1(C)CC(N=C(C)CC(C)C)CC(C)(C)C1. The maximum atomic E-state index is 5.11. The van der Waals surface area contributed by atoms with E-state index in [9.17, 15) is 0 Å². The van der Waals surface area contributed by atoms with Crippen LogP contribution in [-0.4, -0.2) is 24.0 Å². The highest BCUT2D eigenvalue weighted by Gasteiger charge is 2.41. The van der Waals surface area contributed by atoms with Crippen molar-refractivity contribution < 1.29 is 0 Å². The van der Waals surface area contributed by atoms with Crippen molar-refractivity contribution in [3.63, 3.8) is 0 Å². The largest absolute Gasteiger partial charge is 0.294 e. The van der Waals surface area contributed by atoms with Crippen LogP contribution < -0.4 is 0 Å². The van der Waals surface area contributed by atoms with Crippen LogP contribution in [0.25, 0.3) is 0 Å². The molecular formula is C22H42N2. The standard InChI is InChI=1S/C22H42N2/c1-16(2)10-18(5)23-15-22(9)13-20(12-21(7,8)14-22)24-19(6)11-17(3)4/h16-17,20H,10-15H2,1-9H3. The van der Waals surface area contributed by atoms with Crippen LogP contribution in [0.5, 0.6) is 0 Å². The summed E-state index contributed by atoms with van der Waals surface area (Å²) in [4.78, 5) is 10.1. The Hall–Kier alpha value is -0.660. The van der Waals surface area contributed by atoms with Gasteiger partial charge in [0.05, 0.1) is 6.04 Å². The second-order valence-electron chi connectivity index (χ2n) is 10.3. The zero-order chi connectivity index (χ0) is 18.5. The molecule has 0 amide bonds. The van der Waals surface area contributed by atoms with E-state index in [0.717, 1.165) is 19.4 Å². The molecule has 2 heteroatoms. The van der Waals surface area contributed by atoms with Gasteiger partial charge in [-0.15, -0.1) is 0 Å². The number of nitrogens with zero attached hydrogens (tertiary/aromatic N) is 2. The first-order valence-electron chi connectivity index (χ1n) is 9.94. The molecule has 0 bridgehead atoms. The van der Waals surface area contributed by atoms with Gasteiger partial charge in [0.15, 0.2) is 0 Å². The van der Waals surface area contributed by atoms with Crippen molar-refractivity contribution >= 4 is 11.4 Å². The monoisotopic (exact) mass is 334 g/mol. The summed E-state index contributed by atoms with van der Waals surface area (Å²) in [6, 6.07) is 0.470. The molecular weight excluding hydrogens is 292 g/mol. The third kappa shape index (κ3) is 7.94. The van der Waals surface area contributed by atoms with Crippen LogP contribution in [0, 0.1) is 22.7 Å². The lowest BCUT2D eigenvalue weighted by atomic mass is 9.62. The van der Waals surface area contributed by atoms with Gasteiger partial charge in [-0.1, -0.05) is 48.5 Å². The molecule has 140 valence electrons. The van der Waals surface area contributed by atoms with E-state index in [0.29, 0.717) is 23.3 Å². The van der Waals surface area contributed by atoms with E-state index in [4.69, 9.17) is 9.98 Å². The molecule has 2 unspecified atom stereocenters. The molecule has 1 rings (SSSR count). The summed E-state index contributed by atoms with van der Waals surface area (Å²) in [5.41, 5.74) is 3.28. The van der Waals surface area contributed by atoms with Crippen molar-refractivity contribution in [3.8, 4) is 0 Å². The van der Waals surface area contributed by atoms with E-state index in [2.05, 4.69) is 62.3 Å². The highest BCUT2D eigenvalue weighted by atomic mass is 14.8. The third-order valence-corrected chi connectivity index (χ3v) is 4.96. The lowest BCUT2D eigenvalue weighted by Crippen LogP contribution is -2.39. The molecule has 1 aliphatic carbocycles. The van der Waals surface area contributed by atoms with Gasteiger partial charge in [0.2, 0.25) is 0 Å². The summed E-state index contributed by atoms with van der Waals surface area (Å²) in [7, 11) is 0. The average molecular weight is 335 g/mol. The summed E-state index contributed by atoms with van der Waals surface area (Å²) in [5.74, 6) is 1.39. The van der Waals surface area contributed by atoms with Crippen molar-refractivity contribution in [3.05, 3.63) is 0 Å². The number of hydrogen-bond donors (Lipinski definition) is 0. The number of hydrogen-bond acceptors (Lipinski definition) is 2. The minimum absolute atomic E-state index is 0.284. The molecule has 1 aliphatic rings. The van der Waals surface area contributed by atoms with Crippen LogP contribution >= 0.6 is 0 Å². The third-order valence-electron chi connectivity index (χ3n) is 4.96.